The summed E-state index contributed by atoms with van der Waals surface area (Å²) in [5.41, 5.74) is 1.48. The van der Waals surface area contributed by atoms with Crippen molar-refractivity contribution >= 4 is 0 Å². The third-order valence-corrected chi connectivity index (χ3v) is 3.63. The summed E-state index contributed by atoms with van der Waals surface area (Å²) >= 11 is 0. The standard InChI is InChI=1S/C10H16N4/c1-14-9(7-12-13-14)10(8-3-4-8)5-2-6-11-10/h7-8,11H,2-6H2,1H3. The van der Waals surface area contributed by atoms with Crippen LogP contribution in [0, 0.1) is 5.92 Å². The first-order valence-corrected chi connectivity index (χ1v) is 5.43. The molecule has 1 N–H and O–H groups in total. The van der Waals surface area contributed by atoms with E-state index < -0.39 is 0 Å². The lowest BCUT2D eigenvalue weighted by molar-refractivity contribution is 0.313. The number of aryl methyl sites for hydroxylation is 1. The smallest absolute Gasteiger partial charge is 0.0787 e. The molecular formula is C10H16N4. The van der Waals surface area contributed by atoms with E-state index in [0.29, 0.717) is 0 Å². The molecular weight excluding hydrogens is 176 g/mol. The van der Waals surface area contributed by atoms with E-state index in [9.17, 15) is 0 Å². The maximum Gasteiger partial charge on any atom is 0.0787 e. The first-order chi connectivity index (χ1) is 6.83. The van der Waals surface area contributed by atoms with Crippen LogP contribution in [-0.4, -0.2) is 21.5 Å². The molecule has 2 heterocycles. The largest absolute Gasteiger partial charge is 0.306 e. The normalized spacial score (nSPS) is 32.4. The molecule has 2 fully saturated rings. The Bertz CT molecular complexity index is 334. The lowest BCUT2D eigenvalue weighted by Crippen LogP contribution is -2.40. The molecule has 1 saturated carbocycles. The number of hydrogen-bond acceptors (Lipinski definition) is 3. The second-order valence-corrected chi connectivity index (χ2v) is 4.52. The second kappa shape index (κ2) is 2.79. The quantitative estimate of drug-likeness (QED) is 0.754. The second-order valence-electron chi connectivity index (χ2n) is 4.52. The van der Waals surface area contributed by atoms with Gasteiger partial charge in [0.15, 0.2) is 0 Å². The minimum atomic E-state index is 0.207. The zero-order chi connectivity index (χ0) is 9.60. The Balaban J connectivity index is 2.03. The van der Waals surface area contributed by atoms with Gasteiger partial charge in [-0.1, -0.05) is 5.21 Å². The summed E-state index contributed by atoms with van der Waals surface area (Å²) in [5.74, 6) is 0.821. The topological polar surface area (TPSA) is 42.7 Å². The maximum atomic E-state index is 4.04. The highest BCUT2D eigenvalue weighted by atomic mass is 15.4. The van der Waals surface area contributed by atoms with Crippen molar-refractivity contribution in [2.45, 2.75) is 31.2 Å². The van der Waals surface area contributed by atoms with E-state index in [1.54, 1.807) is 0 Å². The highest BCUT2D eigenvalue weighted by Crippen LogP contribution is 2.49. The van der Waals surface area contributed by atoms with E-state index >= 15 is 0 Å². The lowest BCUT2D eigenvalue weighted by Gasteiger charge is -2.29. The third kappa shape index (κ3) is 1.03. The monoisotopic (exact) mass is 192 g/mol. The molecule has 4 heteroatoms. The molecule has 0 aromatic carbocycles. The SMILES string of the molecule is Cn1nncc1C1(C2CC2)CCCN1. The molecule has 1 aromatic heterocycles. The fraction of sp³-hybridized carbons (Fsp3) is 0.800. The Morgan fingerprint density at radius 2 is 2.43 bits per heavy atom. The van der Waals surface area contributed by atoms with Gasteiger partial charge >= 0.3 is 0 Å². The van der Waals surface area contributed by atoms with Crippen LogP contribution in [0.2, 0.25) is 0 Å². The molecule has 0 spiro atoms. The lowest BCUT2D eigenvalue weighted by atomic mass is 9.88. The van der Waals surface area contributed by atoms with Gasteiger partial charge in [-0.3, -0.25) is 4.68 Å². The maximum absolute atomic E-state index is 4.04. The molecule has 14 heavy (non-hydrogen) atoms. The summed E-state index contributed by atoms with van der Waals surface area (Å²) in [4.78, 5) is 0. The molecule has 4 nitrogen and oxygen atoms in total. The number of nitrogens with zero attached hydrogens (tertiary/aromatic N) is 3. The van der Waals surface area contributed by atoms with E-state index in [4.69, 9.17) is 0 Å². The molecule has 1 atom stereocenters. The molecule has 1 unspecified atom stereocenters. The van der Waals surface area contributed by atoms with E-state index in [2.05, 4.69) is 15.6 Å². The van der Waals surface area contributed by atoms with Gasteiger partial charge in [-0.2, -0.15) is 0 Å². The van der Waals surface area contributed by atoms with Gasteiger partial charge < -0.3 is 5.32 Å². The van der Waals surface area contributed by atoms with Gasteiger partial charge in [0.05, 0.1) is 17.4 Å². The van der Waals surface area contributed by atoms with Crippen LogP contribution in [0.4, 0.5) is 0 Å². The molecule has 1 saturated heterocycles. The van der Waals surface area contributed by atoms with Crippen LogP contribution in [0.25, 0.3) is 0 Å². The summed E-state index contributed by atoms with van der Waals surface area (Å²) in [6, 6.07) is 0. The zero-order valence-electron chi connectivity index (χ0n) is 8.53. The summed E-state index contributed by atoms with van der Waals surface area (Å²) in [6.45, 7) is 1.14. The van der Waals surface area contributed by atoms with Crippen molar-refractivity contribution in [1.29, 1.82) is 0 Å². The summed E-state index contributed by atoms with van der Waals surface area (Å²) < 4.78 is 1.93. The number of nitrogens with one attached hydrogen (secondary N) is 1. The minimum Gasteiger partial charge on any atom is -0.306 e. The van der Waals surface area contributed by atoms with E-state index in [0.717, 1.165) is 12.5 Å². The Kier molecular flexibility index (Phi) is 1.68. The van der Waals surface area contributed by atoms with Crippen molar-refractivity contribution in [3.05, 3.63) is 11.9 Å². The third-order valence-electron chi connectivity index (χ3n) is 3.63. The van der Waals surface area contributed by atoms with Crippen LogP contribution in [0.15, 0.2) is 6.20 Å². The van der Waals surface area contributed by atoms with Gasteiger partial charge in [0.1, 0.15) is 0 Å². The first kappa shape index (κ1) is 8.41. The summed E-state index contributed by atoms with van der Waals surface area (Å²) in [5, 5.41) is 11.7. The van der Waals surface area contributed by atoms with Gasteiger partial charge in [-0.25, -0.2) is 0 Å². The van der Waals surface area contributed by atoms with Crippen molar-refractivity contribution in [2.24, 2.45) is 13.0 Å². The van der Waals surface area contributed by atoms with Crippen LogP contribution in [0.5, 0.6) is 0 Å². The fourth-order valence-electron chi connectivity index (χ4n) is 2.81. The Morgan fingerprint density at radius 1 is 1.57 bits per heavy atom. The number of hydrogen-bond donors (Lipinski definition) is 1. The van der Waals surface area contributed by atoms with Crippen molar-refractivity contribution in [3.63, 3.8) is 0 Å². The van der Waals surface area contributed by atoms with Crippen LogP contribution in [-0.2, 0) is 12.6 Å². The first-order valence-electron chi connectivity index (χ1n) is 5.43. The van der Waals surface area contributed by atoms with Gasteiger partial charge in [0, 0.05) is 7.05 Å². The predicted octanol–water partition coefficient (Wildman–Crippen LogP) is 0.804. The Morgan fingerprint density at radius 3 is 2.93 bits per heavy atom. The Hall–Kier alpha value is -0.900. The predicted molar refractivity (Wildman–Crippen MR) is 52.6 cm³/mol. The van der Waals surface area contributed by atoms with Crippen molar-refractivity contribution in [2.75, 3.05) is 6.54 Å². The Labute approximate surface area is 83.7 Å². The van der Waals surface area contributed by atoms with E-state index in [1.807, 2.05) is 17.9 Å². The van der Waals surface area contributed by atoms with Crippen molar-refractivity contribution < 1.29 is 0 Å². The molecule has 0 amide bonds. The van der Waals surface area contributed by atoms with Crippen molar-refractivity contribution in [3.8, 4) is 0 Å². The molecule has 1 aliphatic carbocycles. The summed E-state index contributed by atoms with van der Waals surface area (Å²) in [6.07, 6.45) is 7.17. The highest BCUT2D eigenvalue weighted by molar-refractivity contribution is 5.19. The van der Waals surface area contributed by atoms with Crippen molar-refractivity contribution in [1.82, 2.24) is 20.3 Å². The fourth-order valence-corrected chi connectivity index (χ4v) is 2.81. The van der Waals surface area contributed by atoms with Gasteiger partial charge in [-0.05, 0) is 38.1 Å². The molecule has 0 bridgehead atoms. The molecule has 2 aliphatic rings. The molecule has 1 aromatic rings. The average molecular weight is 192 g/mol. The van der Waals surface area contributed by atoms with Crippen LogP contribution in [0.3, 0.4) is 0 Å². The average Bonchev–Trinajstić information content (AvgIpc) is 2.77. The van der Waals surface area contributed by atoms with Gasteiger partial charge in [0.25, 0.3) is 0 Å². The number of aromatic nitrogens is 3. The molecule has 76 valence electrons. The molecule has 0 radical (unpaired) electrons. The zero-order valence-corrected chi connectivity index (χ0v) is 8.53. The number of rotatable bonds is 2. The van der Waals surface area contributed by atoms with E-state index in [1.165, 1.54) is 31.4 Å². The van der Waals surface area contributed by atoms with Gasteiger partial charge in [-0.15, -0.1) is 5.10 Å². The summed E-state index contributed by atoms with van der Waals surface area (Å²) in [7, 11) is 1.99. The molecule has 1 aliphatic heterocycles. The van der Waals surface area contributed by atoms with Crippen LogP contribution >= 0.6 is 0 Å². The highest BCUT2D eigenvalue weighted by Gasteiger charge is 2.49. The van der Waals surface area contributed by atoms with Crippen LogP contribution in [0.1, 0.15) is 31.4 Å². The van der Waals surface area contributed by atoms with Crippen LogP contribution < -0.4 is 5.32 Å². The van der Waals surface area contributed by atoms with Gasteiger partial charge in [0.2, 0.25) is 0 Å². The minimum absolute atomic E-state index is 0.207. The molecule has 3 rings (SSSR count). The van der Waals surface area contributed by atoms with E-state index in [-0.39, 0.29) is 5.54 Å².